The molecule has 2 aromatic carbocycles. The van der Waals surface area contributed by atoms with E-state index in [1.165, 1.54) is 13.8 Å². The standard InChI is InChI=1S/C31H29F9N4O10/c1-11(2)25(29(52)41-17(8-21(46)47)20(45)10-54-26-23(36)15(34)7-16(35)24(26)37)44-28(51)18(6-12-3-4-13(32)14(33)5-12)42-27(50)19(9-22(48)49)43-30(53)31(38,39)40/h3-5,7,11,17-19,25H,6,8-10H2,1-2H3,(H,41,52)(H,42,50)(H,43,53)(H,44,51)(H,46,47)(H,48,49)/t17-,18-,19-,25-/m0/s1. The lowest BCUT2D eigenvalue weighted by atomic mass is 9.99. The molecule has 0 radical (unpaired) electrons. The van der Waals surface area contributed by atoms with E-state index in [1.54, 1.807) is 0 Å². The van der Waals surface area contributed by atoms with Crippen LogP contribution in [0.15, 0.2) is 24.3 Å². The number of ketones is 1. The fraction of sp³-hybridized carbons (Fsp3) is 0.387. The van der Waals surface area contributed by atoms with Gasteiger partial charge < -0.3 is 36.2 Å². The minimum Gasteiger partial charge on any atom is -0.481 e. The maximum atomic E-state index is 14.0. The first kappa shape index (κ1) is 44.3. The monoisotopic (exact) mass is 788 g/mol. The van der Waals surface area contributed by atoms with Gasteiger partial charge in [0.15, 0.2) is 34.8 Å². The van der Waals surface area contributed by atoms with Gasteiger partial charge in [-0.15, -0.1) is 0 Å². The Morgan fingerprint density at radius 3 is 1.69 bits per heavy atom. The predicted molar refractivity (Wildman–Crippen MR) is 160 cm³/mol. The lowest BCUT2D eigenvalue weighted by Gasteiger charge is -2.28. The number of Topliss-reactive ketones (excluding diaryl/α,β-unsaturated/α-hetero) is 1. The molecule has 4 atom stereocenters. The van der Waals surface area contributed by atoms with Gasteiger partial charge >= 0.3 is 24.0 Å². The second-order valence-corrected chi connectivity index (χ2v) is 11.6. The summed E-state index contributed by atoms with van der Waals surface area (Å²) in [5.74, 6) is -25.6. The molecule has 296 valence electrons. The van der Waals surface area contributed by atoms with Crippen molar-refractivity contribution in [3.63, 3.8) is 0 Å². The van der Waals surface area contributed by atoms with E-state index in [9.17, 15) is 78.2 Å². The van der Waals surface area contributed by atoms with Gasteiger partial charge in [-0.1, -0.05) is 19.9 Å². The number of amides is 4. The normalized spacial score (nSPS) is 13.6. The molecule has 14 nitrogen and oxygen atoms in total. The molecule has 4 amide bonds. The second kappa shape index (κ2) is 18.7. The molecule has 6 N–H and O–H groups in total. The third-order valence-electron chi connectivity index (χ3n) is 7.08. The number of carboxylic acids is 2. The number of carbonyl (C=O) groups excluding carboxylic acids is 5. The largest absolute Gasteiger partial charge is 0.481 e. The van der Waals surface area contributed by atoms with Gasteiger partial charge in [-0.3, -0.25) is 33.6 Å². The van der Waals surface area contributed by atoms with Gasteiger partial charge in [0.05, 0.1) is 12.8 Å². The molecule has 0 heterocycles. The van der Waals surface area contributed by atoms with Crippen LogP contribution < -0.4 is 26.0 Å². The molecule has 0 aliphatic carbocycles. The first-order valence-corrected chi connectivity index (χ1v) is 15.1. The van der Waals surface area contributed by atoms with Crippen molar-refractivity contribution in [2.75, 3.05) is 6.61 Å². The molecule has 0 saturated heterocycles. The van der Waals surface area contributed by atoms with Crippen LogP contribution in [0.1, 0.15) is 32.3 Å². The van der Waals surface area contributed by atoms with E-state index in [0.29, 0.717) is 12.1 Å². The SMILES string of the molecule is CC(C)[C@H](NC(=O)[C@H](Cc1ccc(F)c(F)c1)NC(=O)[C@H](CC(=O)O)NC(=O)C(F)(F)F)C(=O)N[C@@H](CC(=O)O)C(=O)COc1c(F)c(F)cc(F)c1F. The lowest BCUT2D eigenvalue weighted by molar-refractivity contribution is -0.175. The zero-order valence-electron chi connectivity index (χ0n) is 27.6. The van der Waals surface area contributed by atoms with Gasteiger partial charge in [-0.2, -0.15) is 22.0 Å². The quantitative estimate of drug-likeness (QED) is 0.0952. The van der Waals surface area contributed by atoms with Crippen LogP contribution in [0, 0.1) is 40.8 Å². The van der Waals surface area contributed by atoms with Crippen LogP contribution in [0.4, 0.5) is 39.5 Å². The lowest BCUT2D eigenvalue weighted by Crippen LogP contribution is -2.60. The number of aliphatic carboxylic acids is 2. The van der Waals surface area contributed by atoms with Gasteiger partial charge in [0, 0.05) is 12.5 Å². The van der Waals surface area contributed by atoms with Crippen LogP contribution >= 0.6 is 0 Å². The van der Waals surface area contributed by atoms with E-state index in [-0.39, 0.29) is 11.6 Å². The van der Waals surface area contributed by atoms with E-state index in [4.69, 9.17) is 5.11 Å². The molecule has 2 rings (SSSR count). The fourth-order valence-electron chi connectivity index (χ4n) is 4.40. The number of carbonyl (C=O) groups is 7. The Morgan fingerprint density at radius 2 is 1.19 bits per heavy atom. The third-order valence-corrected chi connectivity index (χ3v) is 7.08. The van der Waals surface area contributed by atoms with Gasteiger partial charge in [-0.25, -0.2) is 17.6 Å². The van der Waals surface area contributed by atoms with Crippen molar-refractivity contribution < 1.29 is 88.0 Å². The van der Waals surface area contributed by atoms with Gasteiger partial charge in [-0.05, 0) is 23.6 Å². The molecule has 0 bridgehead atoms. The van der Waals surface area contributed by atoms with Gasteiger partial charge in [0.1, 0.15) is 30.8 Å². The highest BCUT2D eigenvalue weighted by atomic mass is 19.4. The number of ether oxygens (including phenoxy) is 1. The van der Waals surface area contributed by atoms with Crippen molar-refractivity contribution in [3.8, 4) is 5.75 Å². The first-order valence-electron chi connectivity index (χ1n) is 15.1. The topological polar surface area (TPSA) is 217 Å². The van der Waals surface area contributed by atoms with Crippen LogP contribution in [0.2, 0.25) is 0 Å². The van der Waals surface area contributed by atoms with Crippen molar-refractivity contribution >= 4 is 41.4 Å². The van der Waals surface area contributed by atoms with E-state index in [0.717, 1.165) is 11.4 Å². The molecule has 0 aliphatic rings. The van der Waals surface area contributed by atoms with Crippen LogP contribution in [0.5, 0.6) is 5.75 Å². The highest BCUT2D eigenvalue weighted by Crippen LogP contribution is 2.26. The Hall–Kier alpha value is -5.90. The van der Waals surface area contributed by atoms with Crippen molar-refractivity contribution in [3.05, 3.63) is 64.7 Å². The number of hydrogen-bond acceptors (Lipinski definition) is 8. The minimum atomic E-state index is -5.59. The van der Waals surface area contributed by atoms with E-state index >= 15 is 0 Å². The third kappa shape index (κ3) is 12.6. The van der Waals surface area contributed by atoms with Crippen molar-refractivity contribution in [2.24, 2.45) is 5.92 Å². The molecular formula is C31H29F9N4O10. The maximum absolute atomic E-state index is 14.0. The number of carboxylic acid groups (broad SMARTS) is 2. The zero-order chi connectivity index (χ0) is 41.2. The van der Waals surface area contributed by atoms with Crippen molar-refractivity contribution in [1.82, 2.24) is 21.3 Å². The van der Waals surface area contributed by atoms with Gasteiger partial charge in [0.25, 0.3) is 0 Å². The summed E-state index contributed by atoms with van der Waals surface area (Å²) in [6, 6.07) is -6.50. The summed E-state index contributed by atoms with van der Waals surface area (Å²) in [5, 5.41) is 25.4. The van der Waals surface area contributed by atoms with Crippen molar-refractivity contribution in [1.29, 1.82) is 0 Å². The molecular weight excluding hydrogens is 759 g/mol. The van der Waals surface area contributed by atoms with Crippen molar-refractivity contribution in [2.45, 2.75) is 63.5 Å². The van der Waals surface area contributed by atoms with E-state index in [2.05, 4.69) is 10.1 Å². The van der Waals surface area contributed by atoms with Crippen LogP contribution in [-0.4, -0.2) is 88.5 Å². The number of halogens is 9. The Bertz CT molecular complexity index is 1770. The number of alkyl halides is 3. The molecule has 23 heteroatoms. The summed E-state index contributed by atoms with van der Waals surface area (Å²) >= 11 is 0. The summed E-state index contributed by atoms with van der Waals surface area (Å²) < 4.78 is 126. The summed E-state index contributed by atoms with van der Waals surface area (Å²) in [6.45, 7) is 1.10. The average molecular weight is 789 g/mol. The Kier molecular flexibility index (Phi) is 15.4. The van der Waals surface area contributed by atoms with Crippen LogP contribution in [0.3, 0.4) is 0 Å². The van der Waals surface area contributed by atoms with Crippen LogP contribution in [-0.2, 0) is 40.0 Å². The molecule has 0 saturated carbocycles. The first-order chi connectivity index (χ1) is 24.9. The zero-order valence-corrected chi connectivity index (χ0v) is 27.6. The number of nitrogens with one attached hydrogen (secondary N) is 4. The maximum Gasteiger partial charge on any atom is 0.471 e. The number of hydrogen-bond donors (Lipinski definition) is 6. The van der Waals surface area contributed by atoms with Crippen LogP contribution in [0.25, 0.3) is 0 Å². The molecule has 0 aliphatic heterocycles. The highest BCUT2D eigenvalue weighted by molar-refractivity contribution is 5.98. The fourth-order valence-corrected chi connectivity index (χ4v) is 4.40. The number of rotatable bonds is 18. The molecule has 0 aromatic heterocycles. The Morgan fingerprint density at radius 1 is 0.667 bits per heavy atom. The molecule has 2 aromatic rings. The average Bonchev–Trinajstić information content (AvgIpc) is 3.05. The van der Waals surface area contributed by atoms with E-state index in [1.807, 2.05) is 10.6 Å². The molecule has 0 fully saturated rings. The summed E-state index contributed by atoms with van der Waals surface area (Å²) in [7, 11) is 0. The summed E-state index contributed by atoms with van der Waals surface area (Å²) in [6.07, 6.45) is -9.06. The highest BCUT2D eigenvalue weighted by Gasteiger charge is 2.42. The predicted octanol–water partition coefficient (Wildman–Crippen LogP) is 1.82. The Balaban J connectivity index is 2.39. The van der Waals surface area contributed by atoms with E-state index < -0.39 is 144 Å². The molecule has 0 spiro atoms. The Labute approximate surface area is 297 Å². The summed E-state index contributed by atoms with van der Waals surface area (Å²) in [4.78, 5) is 86.7. The minimum absolute atomic E-state index is 0.165. The molecule has 0 unspecified atom stereocenters. The van der Waals surface area contributed by atoms with Gasteiger partial charge in [0.2, 0.25) is 29.4 Å². The number of benzene rings is 2. The smallest absolute Gasteiger partial charge is 0.471 e. The second-order valence-electron chi connectivity index (χ2n) is 11.6. The summed E-state index contributed by atoms with van der Waals surface area (Å²) in [5.41, 5.74) is -0.243. The molecule has 54 heavy (non-hydrogen) atoms.